The van der Waals surface area contributed by atoms with Crippen molar-refractivity contribution in [2.24, 2.45) is 0 Å². The van der Waals surface area contributed by atoms with E-state index < -0.39 is 0 Å². The maximum absolute atomic E-state index is 12.9. The third kappa shape index (κ3) is 2.87. The predicted octanol–water partition coefficient (Wildman–Crippen LogP) is 4.72. The Bertz CT molecular complexity index is 1200. The zero-order chi connectivity index (χ0) is 20.0. The number of aromatic nitrogens is 2. The Labute approximate surface area is 173 Å². The van der Waals surface area contributed by atoms with E-state index in [1.807, 2.05) is 60.7 Å². The number of carbonyl (C=O) groups is 1. The number of nitrogens with two attached hydrogens (primary N) is 1. The maximum Gasteiger partial charge on any atom is 0.229 e. The van der Waals surface area contributed by atoms with Crippen LogP contribution in [0.3, 0.4) is 0 Å². The molecule has 0 spiro atoms. The standard InChI is InChI=1S/C23H19N3O2S/c24-21-20-18(14-8-3-1-4-9-14)19-16(27)12-7-13-17(19)28-22(20)25-23(29)26(21)15-10-5-2-6-11-15/h1-6,8-11,18H,7,12-13,24H2. The molecule has 0 fully saturated rings. The molecule has 5 nitrogen and oxygen atoms in total. The highest BCUT2D eigenvalue weighted by Crippen LogP contribution is 2.48. The molecule has 1 atom stereocenters. The molecule has 0 saturated heterocycles. The van der Waals surface area contributed by atoms with Gasteiger partial charge in [-0.3, -0.25) is 9.36 Å². The van der Waals surface area contributed by atoms with Crippen molar-refractivity contribution in [1.82, 2.24) is 9.55 Å². The Morgan fingerprint density at radius 1 is 1.03 bits per heavy atom. The lowest BCUT2D eigenvalue weighted by Gasteiger charge is -2.33. The summed E-state index contributed by atoms with van der Waals surface area (Å²) in [7, 11) is 0. The second-order valence-electron chi connectivity index (χ2n) is 7.23. The van der Waals surface area contributed by atoms with Gasteiger partial charge in [-0.05, 0) is 36.3 Å². The van der Waals surface area contributed by atoms with E-state index in [0.29, 0.717) is 46.2 Å². The third-order valence-corrected chi connectivity index (χ3v) is 5.76. The van der Waals surface area contributed by atoms with Crippen LogP contribution in [0.1, 0.15) is 36.3 Å². The van der Waals surface area contributed by atoms with Gasteiger partial charge in [0.2, 0.25) is 10.7 Å². The van der Waals surface area contributed by atoms with Crippen LogP contribution in [0.15, 0.2) is 72.0 Å². The van der Waals surface area contributed by atoms with Gasteiger partial charge in [0.25, 0.3) is 0 Å². The number of fused-ring (bicyclic) bond motifs is 1. The van der Waals surface area contributed by atoms with E-state index in [1.54, 1.807) is 4.57 Å². The third-order valence-electron chi connectivity index (χ3n) is 5.49. The highest BCUT2D eigenvalue weighted by atomic mass is 32.1. The van der Waals surface area contributed by atoms with Crippen LogP contribution in [0.4, 0.5) is 5.82 Å². The summed E-state index contributed by atoms with van der Waals surface area (Å²) in [6, 6.07) is 19.6. The van der Waals surface area contributed by atoms with Crippen LogP contribution in [0.5, 0.6) is 5.88 Å². The molecule has 0 bridgehead atoms. The van der Waals surface area contributed by atoms with E-state index in [0.717, 1.165) is 17.7 Å². The first-order valence-electron chi connectivity index (χ1n) is 9.62. The summed E-state index contributed by atoms with van der Waals surface area (Å²) in [5.41, 5.74) is 9.88. The molecule has 1 unspecified atom stereocenters. The van der Waals surface area contributed by atoms with Gasteiger partial charge >= 0.3 is 0 Å². The molecular weight excluding hydrogens is 382 g/mol. The normalized spacial score (nSPS) is 18.1. The minimum absolute atomic E-state index is 0.110. The van der Waals surface area contributed by atoms with Crippen molar-refractivity contribution in [3.8, 4) is 11.6 Å². The van der Waals surface area contributed by atoms with Gasteiger partial charge in [0.15, 0.2) is 5.78 Å². The van der Waals surface area contributed by atoms with Crippen molar-refractivity contribution in [3.05, 3.63) is 87.9 Å². The number of nitrogen functional groups attached to an aromatic ring is 1. The second kappa shape index (κ2) is 6.97. The van der Waals surface area contributed by atoms with Crippen LogP contribution < -0.4 is 10.5 Å². The lowest BCUT2D eigenvalue weighted by molar-refractivity contribution is -0.116. The largest absolute Gasteiger partial charge is 0.442 e. The molecular formula is C23H19N3O2S. The number of allylic oxidation sites excluding steroid dienone is 2. The van der Waals surface area contributed by atoms with Crippen LogP contribution in [0.2, 0.25) is 0 Å². The fraction of sp³-hybridized carbons (Fsp3) is 0.174. The average Bonchev–Trinajstić information content (AvgIpc) is 2.74. The first kappa shape index (κ1) is 17.8. The molecule has 0 radical (unpaired) electrons. The Balaban J connectivity index is 1.81. The summed E-state index contributed by atoms with van der Waals surface area (Å²) in [6.45, 7) is 0. The molecule has 29 heavy (non-hydrogen) atoms. The summed E-state index contributed by atoms with van der Waals surface area (Å²) < 4.78 is 8.17. The number of benzene rings is 2. The number of rotatable bonds is 2. The summed E-state index contributed by atoms with van der Waals surface area (Å²) in [5, 5.41) is 0. The Hall–Kier alpha value is -3.25. The van der Waals surface area contributed by atoms with E-state index >= 15 is 0 Å². The number of ketones is 1. The van der Waals surface area contributed by atoms with Gasteiger partial charge in [-0.1, -0.05) is 48.5 Å². The monoisotopic (exact) mass is 401 g/mol. The smallest absolute Gasteiger partial charge is 0.229 e. The summed E-state index contributed by atoms with van der Waals surface area (Å²) in [5.74, 6) is 1.34. The molecule has 6 heteroatoms. The minimum atomic E-state index is -0.319. The topological polar surface area (TPSA) is 70.1 Å². The molecule has 2 aromatic carbocycles. The zero-order valence-corrected chi connectivity index (χ0v) is 16.5. The van der Waals surface area contributed by atoms with Gasteiger partial charge in [0.05, 0.1) is 5.56 Å². The molecule has 1 aromatic heterocycles. The van der Waals surface area contributed by atoms with E-state index in [-0.39, 0.29) is 11.7 Å². The lowest BCUT2D eigenvalue weighted by atomic mass is 9.77. The highest BCUT2D eigenvalue weighted by Gasteiger charge is 2.39. The molecule has 2 aliphatic rings. The lowest BCUT2D eigenvalue weighted by Crippen LogP contribution is -2.28. The van der Waals surface area contributed by atoms with E-state index in [4.69, 9.17) is 22.7 Å². The number of nitrogens with zero attached hydrogens (tertiary/aromatic N) is 2. The highest BCUT2D eigenvalue weighted by molar-refractivity contribution is 7.71. The fourth-order valence-electron chi connectivity index (χ4n) is 4.21. The van der Waals surface area contributed by atoms with Crippen LogP contribution in [-0.4, -0.2) is 15.3 Å². The SMILES string of the molecule is Nc1c2c(nc(=S)n1-c1ccccc1)OC1=C(C(=O)CCC1)C2c1ccccc1. The number of anilines is 1. The molecule has 5 rings (SSSR count). The van der Waals surface area contributed by atoms with Gasteiger partial charge in [-0.2, -0.15) is 4.98 Å². The Morgan fingerprint density at radius 2 is 1.72 bits per heavy atom. The number of hydrogen-bond donors (Lipinski definition) is 1. The summed E-state index contributed by atoms with van der Waals surface area (Å²) >= 11 is 5.54. The number of ether oxygens (including phenoxy) is 1. The van der Waals surface area contributed by atoms with Crippen LogP contribution >= 0.6 is 12.2 Å². The van der Waals surface area contributed by atoms with Gasteiger partial charge < -0.3 is 10.5 Å². The predicted molar refractivity (Wildman–Crippen MR) is 114 cm³/mol. The molecule has 2 heterocycles. The first-order valence-corrected chi connectivity index (χ1v) is 10.0. The van der Waals surface area contributed by atoms with Crippen molar-refractivity contribution in [3.63, 3.8) is 0 Å². The number of hydrogen-bond acceptors (Lipinski definition) is 5. The van der Waals surface area contributed by atoms with Gasteiger partial charge in [0, 0.05) is 30.0 Å². The first-order chi connectivity index (χ1) is 14.1. The molecule has 3 aromatic rings. The Kier molecular flexibility index (Phi) is 4.28. The van der Waals surface area contributed by atoms with Gasteiger partial charge in [0.1, 0.15) is 11.6 Å². The quantitative estimate of drug-likeness (QED) is 0.630. The molecule has 1 aliphatic heterocycles. The van der Waals surface area contributed by atoms with Crippen molar-refractivity contribution in [2.75, 3.05) is 5.73 Å². The van der Waals surface area contributed by atoms with Crippen LogP contribution in [-0.2, 0) is 4.79 Å². The van der Waals surface area contributed by atoms with E-state index in [1.165, 1.54) is 0 Å². The van der Waals surface area contributed by atoms with Crippen molar-refractivity contribution in [2.45, 2.75) is 25.2 Å². The fourth-order valence-corrected chi connectivity index (χ4v) is 4.49. The number of Topliss-reactive ketones (excluding diaryl/α,β-unsaturated/α-hetero) is 1. The molecule has 0 saturated carbocycles. The molecule has 1 aliphatic carbocycles. The average molecular weight is 401 g/mol. The Morgan fingerprint density at radius 3 is 2.45 bits per heavy atom. The van der Waals surface area contributed by atoms with Crippen molar-refractivity contribution in [1.29, 1.82) is 0 Å². The van der Waals surface area contributed by atoms with Crippen molar-refractivity contribution < 1.29 is 9.53 Å². The van der Waals surface area contributed by atoms with Crippen LogP contribution in [0.25, 0.3) is 5.69 Å². The summed E-state index contributed by atoms with van der Waals surface area (Å²) in [6.07, 6.45) is 2.01. The second-order valence-corrected chi connectivity index (χ2v) is 7.59. The summed E-state index contributed by atoms with van der Waals surface area (Å²) in [4.78, 5) is 17.5. The van der Waals surface area contributed by atoms with Gasteiger partial charge in [-0.15, -0.1) is 0 Å². The van der Waals surface area contributed by atoms with Gasteiger partial charge in [-0.25, -0.2) is 0 Å². The van der Waals surface area contributed by atoms with E-state index in [2.05, 4.69) is 4.98 Å². The molecule has 0 amide bonds. The number of para-hydroxylation sites is 1. The number of carbonyl (C=O) groups excluding carboxylic acids is 1. The van der Waals surface area contributed by atoms with E-state index in [9.17, 15) is 4.79 Å². The minimum Gasteiger partial charge on any atom is -0.442 e. The van der Waals surface area contributed by atoms with Crippen molar-refractivity contribution >= 4 is 23.8 Å². The van der Waals surface area contributed by atoms with Crippen LogP contribution in [0, 0.1) is 4.77 Å². The molecule has 144 valence electrons. The maximum atomic E-state index is 12.9. The zero-order valence-electron chi connectivity index (χ0n) is 15.7. The molecule has 2 N–H and O–H groups in total.